The van der Waals surface area contributed by atoms with Gasteiger partial charge in [0.1, 0.15) is 0 Å². The normalized spacial score (nSPS) is 16.6. The van der Waals surface area contributed by atoms with E-state index in [9.17, 15) is 0 Å². The summed E-state index contributed by atoms with van der Waals surface area (Å²) in [6, 6.07) is 1.90. The molecule has 0 aliphatic carbocycles. The van der Waals surface area contributed by atoms with Crippen LogP contribution in [0.4, 0.5) is 11.5 Å². The van der Waals surface area contributed by atoms with Crippen LogP contribution in [0.1, 0.15) is 0 Å². The van der Waals surface area contributed by atoms with Gasteiger partial charge in [0.15, 0.2) is 5.82 Å². The molecule has 16 heavy (non-hydrogen) atoms. The predicted octanol–water partition coefficient (Wildman–Crippen LogP) is 1.42. The molecule has 1 saturated heterocycles. The van der Waals surface area contributed by atoms with Crippen LogP contribution >= 0.6 is 15.9 Å². The number of nitrogens with two attached hydrogens (primary N) is 1. The van der Waals surface area contributed by atoms with Gasteiger partial charge in [0.05, 0.1) is 5.69 Å². The monoisotopic (exact) mass is 284 g/mol. The molecule has 0 bridgehead atoms. The molecular formula is C11H17BrN4. The molecule has 88 valence electrons. The Hall–Kier alpha value is -0.810. The summed E-state index contributed by atoms with van der Waals surface area (Å²) in [5, 5.41) is 0. The summed E-state index contributed by atoms with van der Waals surface area (Å²) in [4.78, 5) is 8.81. The predicted molar refractivity (Wildman–Crippen MR) is 70.6 cm³/mol. The van der Waals surface area contributed by atoms with Crippen LogP contribution in [0.25, 0.3) is 0 Å². The minimum atomic E-state index is 0.736. The minimum Gasteiger partial charge on any atom is -0.396 e. The number of anilines is 2. The van der Waals surface area contributed by atoms with Gasteiger partial charge in [-0.25, -0.2) is 4.98 Å². The zero-order chi connectivity index (χ0) is 11.7. The third kappa shape index (κ3) is 2.47. The number of hydrogen-bond acceptors (Lipinski definition) is 4. The van der Waals surface area contributed by atoms with Crippen molar-refractivity contribution in [2.75, 3.05) is 44.4 Å². The van der Waals surface area contributed by atoms with Gasteiger partial charge in [-0.05, 0) is 36.1 Å². The van der Waals surface area contributed by atoms with Crippen molar-refractivity contribution in [2.45, 2.75) is 0 Å². The summed E-state index contributed by atoms with van der Waals surface area (Å²) >= 11 is 3.36. The van der Waals surface area contributed by atoms with Gasteiger partial charge in [-0.2, -0.15) is 0 Å². The second-order valence-electron chi connectivity index (χ2n) is 4.60. The molecule has 0 unspecified atom stereocenters. The fourth-order valence-corrected chi connectivity index (χ4v) is 2.44. The maximum absolute atomic E-state index is 5.93. The third-order valence-electron chi connectivity index (χ3n) is 2.74. The van der Waals surface area contributed by atoms with Crippen LogP contribution in [-0.2, 0) is 0 Å². The summed E-state index contributed by atoms with van der Waals surface area (Å²) in [5.74, 6) is 1.65. The van der Waals surface area contributed by atoms with E-state index in [0.717, 1.165) is 41.5 Å². The van der Waals surface area contributed by atoms with E-state index in [1.165, 1.54) is 0 Å². The van der Waals surface area contributed by atoms with E-state index < -0.39 is 0 Å². The third-order valence-corrected chi connectivity index (χ3v) is 3.18. The van der Waals surface area contributed by atoms with Crippen LogP contribution in [0, 0.1) is 5.92 Å². The van der Waals surface area contributed by atoms with E-state index in [4.69, 9.17) is 5.73 Å². The van der Waals surface area contributed by atoms with Gasteiger partial charge in [-0.1, -0.05) is 0 Å². The number of pyridine rings is 1. The van der Waals surface area contributed by atoms with Crippen LogP contribution in [0.2, 0.25) is 0 Å². The highest BCUT2D eigenvalue weighted by Crippen LogP contribution is 2.29. The highest BCUT2D eigenvalue weighted by molar-refractivity contribution is 9.10. The number of rotatable bonds is 3. The molecule has 1 aromatic rings. The van der Waals surface area contributed by atoms with Crippen molar-refractivity contribution in [3.05, 3.63) is 16.7 Å². The van der Waals surface area contributed by atoms with Gasteiger partial charge in [-0.15, -0.1) is 0 Å². The van der Waals surface area contributed by atoms with Gasteiger partial charge in [-0.3, -0.25) is 0 Å². The summed E-state index contributed by atoms with van der Waals surface area (Å²) < 4.78 is 0.930. The molecule has 0 spiro atoms. The van der Waals surface area contributed by atoms with Crippen molar-refractivity contribution in [2.24, 2.45) is 5.92 Å². The average Bonchev–Trinajstić information content (AvgIpc) is 2.11. The first-order chi connectivity index (χ1) is 7.56. The van der Waals surface area contributed by atoms with Crippen molar-refractivity contribution in [3.63, 3.8) is 0 Å². The van der Waals surface area contributed by atoms with Gasteiger partial charge >= 0.3 is 0 Å². The Morgan fingerprint density at radius 2 is 2.25 bits per heavy atom. The lowest BCUT2D eigenvalue weighted by atomic mass is 9.99. The molecule has 1 aromatic heterocycles. The number of aromatic nitrogens is 1. The topological polar surface area (TPSA) is 45.4 Å². The van der Waals surface area contributed by atoms with E-state index in [2.05, 4.69) is 44.8 Å². The standard InChI is InChI=1S/C11H17BrN4/c1-15(2)5-8-6-16(7-8)11-10(13)3-9(12)4-14-11/h3-4,8H,5-7,13H2,1-2H3. The maximum atomic E-state index is 5.93. The highest BCUT2D eigenvalue weighted by Gasteiger charge is 2.29. The van der Waals surface area contributed by atoms with E-state index in [1.54, 1.807) is 6.20 Å². The first kappa shape index (κ1) is 11.7. The highest BCUT2D eigenvalue weighted by atomic mass is 79.9. The van der Waals surface area contributed by atoms with Gasteiger partial charge in [0.2, 0.25) is 0 Å². The Labute approximate surface area is 105 Å². The summed E-state index contributed by atoms with van der Waals surface area (Å²) in [5.41, 5.74) is 6.68. The molecule has 1 aliphatic rings. The second-order valence-corrected chi connectivity index (χ2v) is 5.52. The van der Waals surface area contributed by atoms with Gasteiger partial charge in [0.25, 0.3) is 0 Å². The van der Waals surface area contributed by atoms with Crippen LogP contribution in [0.15, 0.2) is 16.7 Å². The molecule has 0 amide bonds. The van der Waals surface area contributed by atoms with E-state index in [0.29, 0.717) is 0 Å². The summed E-state index contributed by atoms with van der Waals surface area (Å²) in [6.07, 6.45) is 1.80. The van der Waals surface area contributed by atoms with E-state index in [-0.39, 0.29) is 0 Å². The fourth-order valence-electron chi connectivity index (χ4n) is 2.09. The molecule has 4 nitrogen and oxygen atoms in total. The number of nitrogen functional groups attached to an aromatic ring is 1. The molecule has 2 N–H and O–H groups in total. The summed E-state index contributed by atoms with van der Waals surface area (Å²) in [7, 11) is 4.21. The smallest absolute Gasteiger partial charge is 0.151 e. The van der Waals surface area contributed by atoms with E-state index in [1.807, 2.05) is 6.07 Å². The van der Waals surface area contributed by atoms with Crippen LogP contribution < -0.4 is 10.6 Å². The Bertz CT molecular complexity index is 374. The molecule has 0 saturated carbocycles. The molecule has 0 aromatic carbocycles. The first-order valence-corrected chi connectivity index (χ1v) is 6.16. The molecule has 2 rings (SSSR count). The zero-order valence-electron chi connectivity index (χ0n) is 9.65. The largest absolute Gasteiger partial charge is 0.396 e. The Balaban J connectivity index is 1.96. The lowest BCUT2D eigenvalue weighted by Crippen LogP contribution is -2.51. The quantitative estimate of drug-likeness (QED) is 0.912. The molecule has 0 radical (unpaired) electrons. The fraction of sp³-hybridized carbons (Fsp3) is 0.545. The number of hydrogen-bond donors (Lipinski definition) is 1. The van der Waals surface area contributed by atoms with Gasteiger partial charge in [0, 0.05) is 36.2 Å². The second kappa shape index (κ2) is 4.59. The van der Waals surface area contributed by atoms with Crippen LogP contribution in [0.5, 0.6) is 0 Å². The minimum absolute atomic E-state index is 0.736. The van der Waals surface area contributed by atoms with Gasteiger partial charge < -0.3 is 15.5 Å². The molecular weight excluding hydrogens is 268 g/mol. The maximum Gasteiger partial charge on any atom is 0.151 e. The van der Waals surface area contributed by atoms with Crippen molar-refractivity contribution in [1.29, 1.82) is 0 Å². The molecule has 1 aliphatic heterocycles. The molecule has 5 heteroatoms. The zero-order valence-corrected chi connectivity index (χ0v) is 11.2. The lowest BCUT2D eigenvalue weighted by molar-refractivity contribution is 0.282. The summed E-state index contributed by atoms with van der Waals surface area (Å²) in [6.45, 7) is 3.24. The average molecular weight is 285 g/mol. The first-order valence-electron chi connectivity index (χ1n) is 5.37. The number of nitrogens with zero attached hydrogens (tertiary/aromatic N) is 3. The van der Waals surface area contributed by atoms with Crippen molar-refractivity contribution in [3.8, 4) is 0 Å². The lowest BCUT2D eigenvalue weighted by Gasteiger charge is -2.41. The van der Waals surface area contributed by atoms with Crippen molar-refractivity contribution >= 4 is 27.4 Å². The van der Waals surface area contributed by atoms with E-state index >= 15 is 0 Å². The molecule has 2 heterocycles. The Kier molecular flexibility index (Phi) is 3.35. The van der Waals surface area contributed by atoms with Crippen LogP contribution in [-0.4, -0.2) is 43.6 Å². The number of halogens is 1. The Morgan fingerprint density at radius 1 is 1.56 bits per heavy atom. The van der Waals surface area contributed by atoms with Crippen molar-refractivity contribution < 1.29 is 0 Å². The molecule has 0 atom stereocenters. The molecule has 1 fully saturated rings. The van der Waals surface area contributed by atoms with Crippen LogP contribution in [0.3, 0.4) is 0 Å². The van der Waals surface area contributed by atoms with Crippen molar-refractivity contribution in [1.82, 2.24) is 9.88 Å². The SMILES string of the molecule is CN(C)CC1CN(c2ncc(Br)cc2N)C1. The Morgan fingerprint density at radius 3 is 2.81 bits per heavy atom.